The van der Waals surface area contributed by atoms with Crippen LogP contribution in [0.25, 0.3) is 0 Å². The lowest BCUT2D eigenvalue weighted by Crippen LogP contribution is -2.51. The minimum absolute atomic E-state index is 0.102. The topological polar surface area (TPSA) is 64.6 Å². The molecular weight excluding hydrogens is 373 g/mol. The van der Waals surface area contributed by atoms with E-state index in [2.05, 4.69) is 5.32 Å². The van der Waals surface area contributed by atoms with Gasteiger partial charge < -0.3 is 14.8 Å². The molecule has 1 N–H and O–H groups in total. The van der Waals surface area contributed by atoms with Crippen molar-refractivity contribution < 1.29 is 23.5 Å². The molecule has 140 valence electrons. The van der Waals surface area contributed by atoms with E-state index in [0.717, 1.165) is 12.5 Å². The first-order valence-corrected chi connectivity index (χ1v) is 8.97. The maximum Gasteiger partial charge on any atom is 0.338 e. The van der Waals surface area contributed by atoms with Gasteiger partial charge >= 0.3 is 5.97 Å². The molecule has 2 aromatic carbocycles. The van der Waals surface area contributed by atoms with Crippen LogP contribution in [-0.2, 0) is 9.47 Å². The number of nitrogens with one attached hydrogen (secondary N) is 1. The molecule has 7 heteroatoms. The average Bonchev–Trinajstić information content (AvgIpc) is 2.60. The molecule has 1 saturated heterocycles. The minimum Gasteiger partial charge on any atom is -0.465 e. The SMILES string of the molecule is COC(=O)c1cc(F)cc2c1C(=O)C(c1ccccc1Cl)C(C1CCO1)N2. The van der Waals surface area contributed by atoms with Crippen LogP contribution in [0.4, 0.5) is 10.1 Å². The fourth-order valence-electron chi connectivity index (χ4n) is 3.75. The van der Waals surface area contributed by atoms with Crippen molar-refractivity contribution in [3.8, 4) is 0 Å². The highest BCUT2D eigenvalue weighted by Crippen LogP contribution is 2.42. The summed E-state index contributed by atoms with van der Waals surface area (Å²) in [6.45, 7) is 0.607. The summed E-state index contributed by atoms with van der Waals surface area (Å²) in [4.78, 5) is 25.6. The van der Waals surface area contributed by atoms with Crippen LogP contribution < -0.4 is 5.32 Å². The van der Waals surface area contributed by atoms with E-state index in [1.54, 1.807) is 24.3 Å². The molecule has 3 atom stereocenters. The molecule has 0 saturated carbocycles. The Morgan fingerprint density at radius 1 is 1.33 bits per heavy atom. The van der Waals surface area contributed by atoms with Crippen LogP contribution in [0.2, 0.25) is 5.02 Å². The highest BCUT2D eigenvalue weighted by molar-refractivity contribution is 6.32. The second kappa shape index (κ2) is 6.94. The van der Waals surface area contributed by atoms with Crippen molar-refractivity contribution in [3.63, 3.8) is 0 Å². The van der Waals surface area contributed by atoms with E-state index >= 15 is 0 Å². The van der Waals surface area contributed by atoms with Gasteiger partial charge in [0.1, 0.15) is 5.82 Å². The smallest absolute Gasteiger partial charge is 0.338 e. The first-order valence-electron chi connectivity index (χ1n) is 8.60. The summed E-state index contributed by atoms with van der Waals surface area (Å²) in [6.07, 6.45) is 0.577. The van der Waals surface area contributed by atoms with Gasteiger partial charge in [0.05, 0.1) is 36.3 Å². The number of hydrogen-bond acceptors (Lipinski definition) is 5. The number of esters is 1. The second-order valence-electron chi connectivity index (χ2n) is 6.60. The van der Waals surface area contributed by atoms with Crippen LogP contribution in [0, 0.1) is 5.82 Å². The summed E-state index contributed by atoms with van der Waals surface area (Å²) in [5.41, 5.74) is 0.922. The van der Waals surface area contributed by atoms with Crippen LogP contribution >= 0.6 is 11.6 Å². The molecule has 27 heavy (non-hydrogen) atoms. The molecule has 2 aliphatic rings. The summed E-state index contributed by atoms with van der Waals surface area (Å²) < 4.78 is 24.4. The normalized spacial score (nSPS) is 23.8. The van der Waals surface area contributed by atoms with Gasteiger partial charge in [0.15, 0.2) is 5.78 Å². The van der Waals surface area contributed by atoms with Crippen molar-refractivity contribution in [3.05, 3.63) is 63.9 Å². The Morgan fingerprint density at radius 2 is 2.07 bits per heavy atom. The van der Waals surface area contributed by atoms with E-state index in [1.165, 1.54) is 13.2 Å². The number of carbonyl (C=O) groups excluding carboxylic acids is 2. The third-order valence-corrected chi connectivity index (χ3v) is 5.44. The zero-order chi connectivity index (χ0) is 19.1. The number of benzene rings is 2. The largest absolute Gasteiger partial charge is 0.465 e. The van der Waals surface area contributed by atoms with Crippen molar-refractivity contribution in [2.75, 3.05) is 19.0 Å². The van der Waals surface area contributed by atoms with Crippen LogP contribution in [0.1, 0.15) is 38.6 Å². The van der Waals surface area contributed by atoms with Crippen LogP contribution in [0.3, 0.4) is 0 Å². The quantitative estimate of drug-likeness (QED) is 0.808. The summed E-state index contributed by atoms with van der Waals surface area (Å²) in [7, 11) is 1.19. The van der Waals surface area contributed by atoms with Crippen LogP contribution in [0.15, 0.2) is 36.4 Å². The zero-order valence-corrected chi connectivity index (χ0v) is 15.3. The number of fused-ring (bicyclic) bond motifs is 1. The second-order valence-corrected chi connectivity index (χ2v) is 7.01. The van der Waals surface area contributed by atoms with Gasteiger partial charge in [0.2, 0.25) is 0 Å². The van der Waals surface area contributed by atoms with E-state index in [1.807, 2.05) is 0 Å². The average molecular weight is 390 g/mol. The lowest BCUT2D eigenvalue weighted by atomic mass is 9.76. The monoisotopic (exact) mass is 389 g/mol. The van der Waals surface area contributed by atoms with Gasteiger partial charge in [-0.25, -0.2) is 9.18 Å². The van der Waals surface area contributed by atoms with Gasteiger partial charge in [-0.3, -0.25) is 4.79 Å². The Kier molecular flexibility index (Phi) is 4.61. The zero-order valence-electron chi connectivity index (χ0n) is 14.5. The first-order chi connectivity index (χ1) is 13.0. The fourth-order valence-corrected chi connectivity index (χ4v) is 4.00. The van der Waals surface area contributed by atoms with Gasteiger partial charge in [-0.2, -0.15) is 0 Å². The predicted molar refractivity (Wildman–Crippen MR) is 98.0 cm³/mol. The molecule has 0 bridgehead atoms. The molecule has 0 radical (unpaired) electrons. The molecule has 2 heterocycles. The van der Waals surface area contributed by atoms with Crippen molar-refractivity contribution in [1.29, 1.82) is 0 Å². The van der Waals surface area contributed by atoms with Crippen LogP contribution in [-0.4, -0.2) is 37.6 Å². The Balaban J connectivity index is 1.89. The number of ketones is 1. The van der Waals surface area contributed by atoms with Crippen molar-refractivity contribution >= 4 is 29.0 Å². The summed E-state index contributed by atoms with van der Waals surface area (Å²) in [6, 6.07) is 8.90. The van der Waals surface area contributed by atoms with Crippen LogP contribution in [0.5, 0.6) is 0 Å². The fraction of sp³-hybridized carbons (Fsp3) is 0.300. The van der Waals surface area contributed by atoms with Crippen molar-refractivity contribution in [2.45, 2.75) is 24.5 Å². The molecule has 0 spiro atoms. The Hall–Kier alpha value is -2.44. The van der Waals surface area contributed by atoms with Crippen molar-refractivity contribution in [2.24, 2.45) is 0 Å². The number of Topliss-reactive ketones (excluding diaryl/α,β-unsaturated/α-hetero) is 1. The molecule has 2 aromatic rings. The molecule has 1 fully saturated rings. The summed E-state index contributed by atoms with van der Waals surface area (Å²) >= 11 is 6.36. The standard InChI is InChI=1S/C20H17ClFNO4/c1-26-20(25)12-8-10(22)9-14-16(12)19(24)17(11-4-2-3-5-13(11)21)18(23-14)15-6-7-27-15/h2-5,8-9,15,17-18,23H,6-7H2,1H3. The third-order valence-electron chi connectivity index (χ3n) is 5.09. The molecule has 0 aromatic heterocycles. The summed E-state index contributed by atoms with van der Waals surface area (Å²) in [5.74, 6) is -2.36. The molecule has 3 unspecified atom stereocenters. The molecule has 4 rings (SSSR count). The predicted octanol–water partition coefficient (Wildman–Crippen LogP) is 3.82. The number of halogens is 2. The summed E-state index contributed by atoms with van der Waals surface area (Å²) in [5, 5.41) is 3.66. The number of ether oxygens (including phenoxy) is 2. The van der Waals surface area contributed by atoms with E-state index in [-0.39, 0.29) is 28.7 Å². The number of anilines is 1. The van der Waals surface area contributed by atoms with Gasteiger partial charge in [-0.15, -0.1) is 0 Å². The van der Waals surface area contributed by atoms with Crippen molar-refractivity contribution in [1.82, 2.24) is 0 Å². The minimum atomic E-state index is -0.767. The Morgan fingerprint density at radius 3 is 2.70 bits per heavy atom. The lowest BCUT2D eigenvalue weighted by molar-refractivity contribution is -0.0636. The first kappa shape index (κ1) is 17.9. The van der Waals surface area contributed by atoms with E-state index in [4.69, 9.17) is 21.1 Å². The Bertz CT molecular complexity index is 928. The maximum absolute atomic E-state index is 14.1. The number of rotatable bonds is 3. The maximum atomic E-state index is 14.1. The third kappa shape index (κ3) is 2.99. The molecule has 5 nitrogen and oxygen atoms in total. The lowest BCUT2D eigenvalue weighted by Gasteiger charge is -2.42. The molecule has 2 aliphatic heterocycles. The van der Waals surface area contributed by atoms with Gasteiger partial charge in [0, 0.05) is 17.3 Å². The Labute approximate surface area is 160 Å². The van der Waals surface area contributed by atoms with E-state index < -0.39 is 23.7 Å². The highest BCUT2D eigenvalue weighted by atomic mass is 35.5. The molecule has 0 aliphatic carbocycles. The molecular formula is C20H17ClFNO4. The highest BCUT2D eigenvalue weighted by Gasteiger charge is 2.45. The number of carbonyl (C=O) groups is 2. The molecule has 0 amide bonds. The van der Waals surface area contributed by atoms with E-state index in [9.17, 15) is 14.0 Å². The number of methoxy groups -OCH3 is 1. The number of hydrogen-bond donors (Lipinski definition) is 1. The van der Waals surface area contributed by atoms with Gasteiger partial charge in [0.25, 0.3) is 0 Å². The van der Waals surface area contributed by atoms with E-state index in [0.29, 0.717) is 17.2 Å². The van der Waals surface area contributed by atoms with Gasteiger partial charge in [-0.1, -0.05) is 29.8 Å². The van der Waals surface area contributed by atoms with Gasteiger partial charge in [-0.05, 0) is 30.2 Å².